The van der Waals surface area contributed by atoms with Gasteiger partial charge in [0.2, 0.25) is 11.8 Å². The SMILES string of the molecule is CCCCCCCC/C=C\CCCCCCCC(=O)N(C)CC(=O)NCCCCCCCCCCCCCCCCCC. The summed E-state index contributed by atoms with van der Waals surface area (Å²) in [5, 5.41) is 3.00. The lowest BCUT2D eigenvalue weighted by Crippen LogP contribution is -2.38. The topological polar surface area (TPSA) is 49.4 Å². The lowest BCUT2D eigenvalue weighted by Gasteiger charge is -2.16. The minimum atomic E-state index is -0.0265. The van der Waals surface area contributed by atoms with Gasteiger partial charge in [-0.25, -0.2) is 0 Å². The Labute approximate surface area is 270 Å². The van der Waals surface area contributed by atoms with Crippen LogP contribution >= 0.6 is 0 Å². The van der Waals surface area contributed by atoms with E-state index in [2.05, 4.69) is 31.3 Å². The smallest absolute Gasteiger partial charge is 0.239 e. The molecule has 0 saturated carbocycles. The molecule has 0 aliphatic carbocycles. The van der Waals surface area contributed by atoms with Gasteiger partial charge in [-0.3, -0.25) is 9.59 Å². The maximum atomic E-state index is 12.4. The lowest BCUT2D eigenvalue weighted by atomic mass is 10.0. The third kappa shape index (κ3) is 33.4. The molecule has 0 aliphatic heterocycles. The molecule has 0 saturated heterocycles. The van der Waals surface area contributed by atoms with Crippen molar-refractivity contribution >= 4 is 11.8 Å². The molecule has 0 unspecified atom stereocenters. The second kappa shape index (κ2) is 35.2. The van der Waals surface area contributed by atoms with Gasteiger partial charge in [-0.15, -0.1) is 0 Å². The molecule has 0 radical (unpaired) electrons. The molecule has 0 fully saturated rings. The predicted molar refractivity (Wildman–Crippen MR) is 190 cm³/mol. The predicted octanol–water partition coefficient (Wildman–Crippen LogP) is 11.9. The van der Waals surface area contributed by atoms with Crippen LogP contribution in [0, 0.1) is 0 Å². The summed E-state index contributed by atoms with van der Waals surface area (Å²) in [6, 6.07) is 0. The highest BCUT2D eigenvalue weighted by Crippen LogP contribution is 2.14. The quantitative estimate of drug-likeness (QED) is 0.0586. The summed E-state index contributed by atoms with van der Waals surface area (Å²) in [5.41, 5.74) is 0. The van der Waals surface area contributed by atoms with Crippen molar-refractivity contribution in [3.63, 3.8) is 0 Å². The Bertz CT molecular complexity index is 618. The van der Waals surface area contributed by atoms with Crippen molar-refractivity contribution in [1.29, 1.82) is 0 Å². The molecule has 43 heavy (non-hydrogen) atoms. The Morgan fingerprint density at radius 3 is 1.26 bits per heavy atom. The molecule has 4 nitrogen and oxygen atoms in total. The molecule has 0 aliphatic rings. The van der Waals surface area contributed by atoms with Crippen LogP contribution in [-0.4, -0.2) is 36.9 Å². The number of nitrogens with zero attached hydrogens (tertiary/aromatic N) is 1. The zero-order chi connectivity index (χ0) is 31.5. The molecule has 2 amide bonds. The molecule has 1 N–H and O–H groups in total. The first kappa shape index (κ1) is 41.7. The molecule has 0 aromatic rings. The van der Waals surface area contributed by atoms with Crippen LogP contribution in [0.2, 0.25) is 0 Å². The minimum absolute atomic E-state index is 0.0265. The van der Waals surface area contributed by atoms with Crippen LogP contribution in [0.25, 0.3) is 0 Å². The number of amides is 2. The Balaban J connectivity index is 3.43. The third-order valence-electron chi connectivity index (χ3n) is 8.81. The van der Waals surface area contributed by atoms with E-state index in [1.54, 1.807) is 11.9 Å². The van der Waals surface area contributed by atoms with Crippen LogP contribution in [0.5, 0.6) is 0 Å². The van der Waals surface area contributed by atoms with Crippen LogP contribution in [0.3, 0.4) is 0 Å². The van der Waals surface area contributed by atoms with Gasteiger partial charge in [-0.1, -0.05) is 174 Å². The van der Waals surface area contributed by atoms with Crippen molar-refractivity contribution in [2.75, 3.05) is 20.1 Å². The fourth-order valence-corrected chi connectivity index (χ4v) is 5.80. The van der Waals surface area contributed by atoms with Gasteiger partial charge in [-0.2, -0.15) is 0 Å². The Hall–Kier alpha value is -1.32. The molecule has 0 atom stereocenters. The first-order chi connectivity index (χ1) is 21.1. The molecule has 0 spiro atoms. The van der Waals surface area contributed by atoms with E-state index in [0.717, 1.165) is 25.8 Å². The number of allylic oxidation sites excluding steroid dienone is 2. The summed E-state index contributed by atoms with van der Waals surface area (Å²) < 4.78 is 0. The van der Waals surface area contributed by atoms with Crippen molar-refractivity contribution < 1.29 is 9.59 Å². The van der Waals surface area contributed by atoms with Crippen LogP contribution in [0.1, 0.15) is 206 Å². The molecule has 0 aromatic heterocycles. The molecule has 4 heteroatoms. The highest BCUT2D eigenvalue weighted by molar-refractivity contribution is 5.84. The van der Waals surface area contributed by atoms with E-state index in [4.69, 9.17) is 0 Å². The van der Waals surface area contributed by atoms with E-state index in [-0.39, 0.29) is 18.4 Å². The van der Waals surface area contributed by atoms with E-state index in [0.29, 0.717) is 6.42 Å². The Kier molecular flexibility index (Phi) is 34.1. The standard InChI is InChI=1S/C39H76N2O2/c1-4-6-8-10-12-14-16-18-20-22-24-26-28-30-32-34-36-40-38(42)37-41(3)39(43)35-33-31-29-27-25-23-21-19-17-15-13-11-9-7-5-2/h19,21H,4-18,20,22-37H2,1-3H3,(H,40,42)/b21-19-. The monoisotopic (exact) mass is 605 g/mol. The number of hydrogen-bond donors (Lipinski definition) is 1. The number of unbranched alkanes of at least 4 members (excludes halogenated alkanes) is 26. The van der Waals surface area contributed by atoms with Gasteiger partial charge in [0.25, 0.3) is 0 Å². The first-order valence-electron chi connectivity index (χ1n) is 19.3. The number of carbonyl (C=O) groups is 2. The van der Waals surface area contributed by atoms with E-state index >= 15 is 0 Å². The lowest BCUT2D eigenvalue weighted by molar-refractivity contribution is -0.134. The van der Waals surface area contributed by atoms with Crippen LogP contribution in [-0.2, 0) is 9.59 Å². The van der Waals surface area contributed by atoms with E-state index in [1.807, 2.05) is 0 Å². The summed E-state index contributed by atoms with van der Waals surface area (Å²) in [6.45, 7) is 5.47. The van der Waals surface area contributed by atoms with Gasteiger partial charge in [-0.05, 0) is 38.5 Å². The minimum Gasteiger partial charge on any atom is -0.355 e. The maximum Gasteiger partial charge on any atom is 0.239 e. The average molecular weight is 605 g/mol. The molecular formula is C39H76N2O2. The molecular weight excluding hydrogens is 528 g/mol. The highest BCUT2D eigenvalue weighted by atomic mass is 16.2. The van der Waals surface area contributed by atoms with Crippen molar-refractivity contribution in [2.45, 2.75) is 206 Å². The van der Waals surface area contributed by atoms with Gasteiger partial charge >= 0.3 is 0 Å². The summed E-state index contributed by atoms with van der Waals surface area (Å²) in [6.07, 6.45) is 43.3. The third-order valence-corrected chi connectivity index (χ3v) is 8.81. The van der Waals surface area contributed by atoms with E-state index in [1.165, 1.54) is 167 Å². The van der Waals surface area contributed by atoms with Crippen molar-refractivity contribution in [3.8, 4) is 0 Å². The van der Waals surface area contributed by atoms with Gasteiger partial charge < -0.3 is 10.2 Å². The first-order valence-corrected chi connectivity index (χ1v) is 19.3. The van der Waals surface area contributed by atoms with Gasteiger partial charge in [0, 0.05) is 20.0 Å². The summed E-state index contributed by atoms with van der Waals surface area (Å²) in [7, 11) is 1.76. The van der Waals surface area contributed by atoms with Gasteiger partial charge in [0.15, 0.2) is 0 Å². The second-order valence-corrected chi connectivity index (χ2v) is 13.2. The summed E-state index contributed by atoms with van der Waals surface area (Å²) >= 11 is 0. The second-order valence-electron chi connectivity index (χ2n) is 13.2. The normalized spacial score (nSPS) is 11.4. The van der Waals surface area contributed by atoms with Crippen LogP contribution < -0.4 is 5.32 Å². The highest BCUT2D eigenvalue weighted by Gasteiger charge is 2.12. The molecule has 0 rings (SSSR count). The molecule has 254 valence electrons. The van der Waals surface area contributed by atoms with Crippen molar-refractivity contribution in [1.82, 2.24) is 10.2 Å². The fourth-order valence-electron chi connectivity index (χ4n) is 5.80. The fraction of sp³-hybridized carbons (Fsp3) is 0.897. The number of nitrogens with one attached hydrogen (secondary N) is 1. The maximum absolute atomic E-state index is 12.4. The Morgan fingerprint density at radius 1 is 0.488 bits per heavy atom. The molecule has 0 heterocycles. The summed E-state index contributed by atoms with van der Waals surface area (Å²) in [4.78, 5) is 26.2. The van der Waals surface area contributed by atoms with Crippen LogP contribution in [0.4, 0.5) is 0 Å². The molecule has 0 bridgehead atoms. The van der Waals surface area contributed by atoms with Crippen LogP contribution in [0.15, 0.2) is 12.2 Å². The van der Waals surface area contributed by atoms with E-state index < -0.39 is 0 Å². The molecule has 0 aromatic carbocycles. The zero-order valence-electron chi connectivity index (χ0n) is 29.5. The largest absolute Gasteiger partial charge is 0.355 e. The van der Waals surface area contributed by atoms with Gasteiger partial charge in [0.05, 0.1) is 6.54 Å². The zero-order valence-corrected chi connectivity index (χ0v) is 29.5. The van der Waals surface area contributed by atoms with Crippen molar-refractivity contribution in [2.24, 2.45) is 0 Å². The van der Waals surface area contributed by atoms with Gasteiger partial charge in [0.1, 0.15) is 0 Å². The van der Waals surface area contributed by atoms with Crippen molar-refractivity contribution in [3.05, 3.63) is 12.2 Å². The summed E-state index contributed by atoms with van der Waals surface area (Å²) in [5.74, 6) is 0.0662. The number of likely N-dealkylation sites (N-methyl/N-ethyl adjacent to an activating group) is 1. The number of rotatable bonds is 34. The average Bonchev–Trinajstić information content (AvgIpc) is 3.00. The number of carbonyl (C=O) groups excluding carboxylic acids is 2. The van der Waals surface area contributed by atoms with E-state index in [9.17, 15) is 9.59 Å². The Morgan fingerprint density at radius 2 is 0.837 bits per heavy atom. The number of hydrogen-bond acceptors (Lipinski definition) is 2.